The van der Waals surface area contributed by atoms with Crippen LogP contribution in [0.3, 0.4) is 0 Å². The summed E-state index contributed by atoms with van der Waals surface area (Å²) >= 11 is 0. The van der Waals surface area contributed by atoms with E-state index in [1.54, 1.807) is 0 Å². The average Bonchev–Trinajstić information content (AvgIpc) is 0.753. The van der Waals surface area contributed by atoms with Gasteiger partial charge in [0, 0.05) is 39.6 Å². The zero-order chi connectivity index (χ0) is 66.6. The standard InChI is InChI=1S/C70H84N2O23/c1-86-66-63(87-29-6-27-71-49(77)13-4-7-35-15-17-41-21-19-37-9-2-11-39-23-25-43(35)53(41)51(37)39)58(82)48(34-76)92-70(66)93-62-57(81)47(33-75)89-67(61(62)85)94-65-60(84)56(80)46(32-74)91-69(65)95-64-59(83)55(79)45(31-73)90-68(64)88-30-28-72-50(78)14-5-8-36-16-18-42-22-20-38-10-3-12-40-24-26-44(36)54(42)52(38)40/h2-3,9-12,15-26,45-48,55-70,73-76,79-85H,4-8,13-14,27-34H2,1H3,(H,71,77)(H,72,78)/t45-,46-,47-,48-,55-,56-,57-,58-,59+,60+,61+,62+,63+,64+,65+,66-,67-,68+,69-,70-/m1/s1. The molecular formula is C70H84N2O23. The van der Waals surface area contributed by atoms with Gasteiger partial charge in [0.2, 0.25) is 11.8 Å². The highest BCUT2D eigenvalue weighted by Crippen LogP contribution is 2.40. The fourth-order valence-electron chi connectivity index (χ4n) is 14.0. The quantitative estimate of drug-likeness (QED) is 0.0244. The molecule has 0 unspecified atom stereocenters. The van der Waals surface area contributed by atoms with Gasteiger partial charge in [-0.15, -0.1) is 0 Å². The van der Waals surface area contributed by atoms with Crippen molar-refractivity contribution < 1.29 is 113 Å². The van der Waals surface area contributed by atoms with Crippen molar-refractivity contribution in [3.05, 3.63) is 120 Å². The number of carbonyl (C=O) groups excluding carboxylic acids is 2. The summed E-state index contributed by atoms with van der Waals surface area (Å²) in [6.07, 6.45) is -31.1. The Morgan fingerprint density at radius 2 is 0.789 bits per heavy atom. The van der Waals surface area contributed by atoms with Gasteiger partial charge < -0.3 is 114 Å². The molecule has 13 N–H and O–H groups in total. The zero-order valence-electron chi connectivity index (χ0n) is 52.4. The fourth-order valence-corrected chi connectivity index (χ4v) is 14.0. The Labute approximate surface area is 546 Å². The summed E-state index contributed by atoms with van der Waals surface area (Å²) in [4.78, 5) is 26.2. The summed E-state index contributed by atoms with van der Waals surface area (Å²) in [7, 11) is 1.26. The molecule has 8 aromatic carbocycles. The molecule has 0 radical (unpaired) electrons. The molecule has 512 valence electrons. The Kier molecular flexibility index (Phi) is 22.3. The minimum Gasteiger partial charge on any atom is -0.394 e. The van der Waals surface area contributed by atoms with E-state index in [1.807, 2.05) is 6.07 Å². The average molecular weight is 1320 g/mol. The number of benzene rings is 8. The number of aryl methyl sites for hydroxylation is 2. The Bertz CT molecular complexity index is 3810. The first-order valence-electron chi connectivity index (χ1n) is 32.5. The zero-order valence-corrected chi connectivity index (χ0v) is 52.4. The number of hydrogen-bond donors (Lipinski definition) is 13. The number of rotatable bonds is 28. The van der Waals surface area contributed by atoms with Crippen LogP contribution < -0.4 is 10.6 Å². The molecule has 25 heteroatoms. The van der Waals surface area contributed by atoms with Crippen molar-refractivity contribution in [2.45, 2.75) is 168 Å². The van der Waals surface area contributed by atoms with Crippen LogP contribution in [0.25, 0.3) is 64.6 Å². The topological polar surface area (TPSA) is 373 Å². The fraction of sp³-hybridized carbons (Fsp3) is 0.514. The smallest absolute Gasteiger partial charge is 0.220 e. The maximum atomic E-state index is 13.2. The van der Waals surface area contributed by atoms with Gasteiger partial charge in [0.05, 0.1) is 33.0 Å². The Hall–Kier alpha value is -6.06. The van der Waals surface area contributed by atoms with Crippen LogP contribution in [0.2, 0.25) is 0 Å². The molecule has 4 saturated heterocycles. The van der Waals surface area contributed by atoms with Gasteiger partial charge in [0.25, 0.3) is 0 Å². The molecule has 0 aliphatic carbocycles. The highest BCUT2D eigenvalue weighted by atomic mass is 16.8. The summed E-state index contributed by atoms with van der Waals surface area (Å²) in [5.41, 5.74) is 2.27. The third kappa shape index (κ3) is 14.3. The highest BCUT2D eigenvalue weighted by Gasteiger charge is 2.56. The van der Waals surface area contributed by atoms with E-state index in [0.717, 1.165) is 43.4 Å². The Morgan fingerprint density at radius 3 is 1.29 bits per heavy atom. The number of carbonyl (C=O) groups is 2. The number of ether oxygens (including phenoxy) is 10. The van der Waals surface area contributed by atoms with E-state index in [1.165, 1.54) is 39.4 Å². The summed E-state index contributed by atoms with van der Waals surface area (Å²) < 4.78 is 59.8. The van der Waals surface area contributed by atoms with Crippen molar-refractivity contribution in [3.8, 4) is 0 Å². The van der Waals surface area contributed by atoms with E-state index < -0.39 is 149 Å². The van der Waals surface area contributed by atoms with Crippen LogP contribution in [-0.4, -0.2) is 251 Å². The summed E-state index contributed by atoms with van der Waals surface area (Å²) in [6, 6.07) is 37.9. The molecule has 2 amide bonds. The van der Waals surface area contributed by atoms with Crippen LogP contribution in [0.1, 0.15) is 43.2 Å². The molecule has 25 nitrogen and oxygen atoms in total. The number of nitrogens with one attached hydrogen (secondary N) is 2. The van der Waals surface area contributed by atoms with Gasteiger partial charge in [0.1, 0.15) is 97.7 Å². The molecule has 4 aliphatic rings. The highest BCUT2D eigenvalue weighted by molar-refractivity contribution is 6.24. The van der Waals surface area contributed by atoms with Crippen LogP contribution in [0.15, 0.2) is 109 Å². The van der Waals surface area contributed by atoms with Gasteiger partial charge in [-0.05, 0) is 108 Å². The van der Waals surface area contributed by atoms with Crippen LogP contribution >= 0.6 is 0 Å². The molecule has 0 bridgehead atoms. The molecule has 20 atom stereocenters. The first kappa shape index (κ1) is 68.9. The largest absolute Gasteiger partial charge is 0.394 e. The molecule has 4 heterocycles. The second-order valence-corrected chi connectivity index (χ2v) is 25.0. The maximum absolute atomic E-state index is 13.2. The Balaban J connectivity index is 0.650. The van der Waals surface area contributed by atoms with E-state index in [4.69, 9.17) is 47.4 Å². The van der Waals surface area contributed by atoms with Crippen LogP contribution in [0, 0.1) is 0 Å². The third-order valence-electron chi connectivity index (χ3n) is 19.0. The third-order valence-corrected chi connectivity index (χ3v) is 19.0. The first-order chi connectivity index (χ1) is 46.1. The van der Waals surface area contributed by atoms with Crippen LogP contribution in [0.4, 0.5) is 0 Å². The minimum atomic E-state index is -2.08. The molecule has 8 aromatic rings. The SMILES string of the molecule is CO[C@H]1[C@@H](O[C@@H]2[C@H](O)[C@@H](O[C@@H]3[C@@H](O[C@@H]4[C@@H](OCCNC(=O)CCCc5ccc6ccc7cccc8ccc5c6c78)O[C@H](CO)[C@@H](O)[C@@H]4O)O[C@H](CO)[C@@H](O)[C@@H]3O)O[C@H](CO)[C@H]2O)O[C@H](CO)[C@@H](O)[C@@H]1OCCCNC(=O)CCCc1ccc2ccc3cccc4ccc1c2c34. The van der Waals surface area contributed by atoms with Crippen molar-refractivity contribution in [2.75, 3.05) is 59.8 Å². The number of amides is 2. The lowest BCUT2D eigenvalue weighted by molar-refractivity contribution is -0.401. The second-order valence-electron chi connectivity index (χ2n) is 25.0. The van der Waals surface area contributed by atoms with E-state index in [9.17, 15) is 65.8 Å². The minimum absolute atomic E-state index is 0.0269. The van der Waals surface area contributed by atoms with E-state index in [2.05, 4.69) is 114 Å². The number of aliphatic hydroxyl groups excluding tert-OH is 11. The predicted octanol–water partition coefficient (Wildman–Crippen LogP) is 1.42. The van der Waals surface area contributed by atoms with Gasteiger partial charge >= 0.3 is 0 Å². The monoisotopic (exact) mass is 1320 g/mol. The van der Waals surface area contributed by atoms with E-state index in [0.29, 0.717) is 25.7 Å². The molecule has 0 aromatic heterocycles. The molecule has 95 heavy (non-hydrogen) atoms. The number of hydrogen-bond acceptors (Lipinski definition) is 23. The van der Waals surface area contributed by atoms with Gasteiger partial charge in [-0.3, -0.25) is 9.59 Å². The van der Waals surface area contributed by atoms with Gasteiger partial charge in [0.15, 0.2) is 25.2 Å². The molecule has 12 rings (SSSR count). The number of aliphatic hydroxyl groups is 11. The van der Waals surface area contributed by atoms with Gasteiger partial charge in [-0.2, -0.15) is 0 Å². The maximum Gasteiger partial charge on any atom is 0.220 e. The summed E-state index contributed by atoms with van der Waals surface area (Å²) in [5, 5.41) is 141. The Morgan fingerprint density at radius 1 is 0.389 bits per heavy atom. The van der Waals surface area contributed by atoms with Crippen molar-refractivity contribution >= 4 is 76.4 Å². The molecular weight excluding hydrogens is 1240 g/mol. The normalized spacial score (nSPS) is 31.5. The van der Waals surface area contributed by atoms with E-state index in [-0.39, 0.29) is 57.4 Å². The van der Waals surface area contributed by atoms with Crippen molar-refractivity contribution in [1.82, 2.24) is 10.6 Å². The summed E-state index contributed by atoms with van der Waals surface area (Å²) in [5.74, 6) is -0.432. The lowest BCUT2D eigenvalue weighted by Gasteiger charge is -2.49. The van der Waals surface area contributed by atoms with Gasteiger partial charge in [-0.1, -0.05) is 109 Å². The molecule has 0 spiro atoms. The molecule has 4 aliphatic heterocycles. The molecule has 4 fully saturated rings. The lowest BCUT2D eigenvalue weighted by atomic mass is 9.90. The van der Waals surface area contributed by atoms with Crippen molar-refractivity contribution in [1.29, 1.82) is 0 Å². The molecule has 0 saturated carbocycles. The van der Waals surface area contributed by atoms with E-state index >= 15 is 0 Å². The number of methoxy groups -OCH3 is 1. The van der Waals surface area contributed by atoms with Crippen molar-refractivity contribution in [3.63, 3.8) is 0 Å². The summed E-state index contributed by atoms with van der Waals surface area (Å²) in [6.45, 7) is -3.46. The first-order valence-corrected chi connectivity index (χ1v) is 32.5. The van der Waals surface area contributed by atoms with Crippen LogP contribution in [0.5, 0.6) is 0 Å². The van der Waals surface area contributed by atoms with Crippen molar-refractivity contribution in [2.24, 2.45) is 0 Å². The van der Waals surface area contributed by atoms with Gasteiger partial charge in [-0.25, -0.2) is 0 Å². The predicted molar refractivity (Wildman–Crippen MR) is 343 cm³/mol. The lowest BCUT2D eigenvalue weighted by Crippen LogP contribution is -2.68. The second kappa shape index (κ2) is 30.8. The van der Waals surface area contributed by atoms with Crippen LogP contribution in [-0.2, 0) is 69.8 Å².